The van der Waals surface area contributed by atoms with Gasteiger partial charge in [0, 0.05) is 11.5 Å². The van der Waals surface area contributed by atoms with Crippen LogP contribution in [0.3, 0.4) is 0 Å². The maximum Gasteiger partial charge on any atom is 1.00 e. The first-order valence-corrected chi connectivity index (χ1v) is 8.55. The minimum Gasteiger partial charge on any atom is -0.480 e. The summed E-state index contributed by atoms with van der Waals surface area (Å²) in [5.41, 5.74) is 6.15. The van der Waals surface area contributed by atoms with E-state index in [1.165, 1.54) is 12.1 Å². The van der Waals surface area contributed by atoms with Crippen LogP contribution in [0.4, 0.5) is 0 Å². The Balaban J connectivity index is -0.000000322. The van der Waals surface area contributed by atoms with Crippen LogP contribution in [0.2, 0.25) is 0 Å². The molecule has 0 saturated carbocycles. The number of aryl methyl sites for hydroxylation is 1. The van der Waals surface area contributed by atoms with E-state index in [-0.39, 0.29) is 47.0 Å². The smallest absolute Gasteiger partial charge is 0.480 e. The molecule has 0 aromatic heterocycles. The van der Waals surface area contributed by atoms with Gasteiger partial charge in [0.05, 0.1) is 0 Å². The first kappa shape index (κ1) is 28.6. The Hall–Kier alpha value is -0.190. The molecular formula is C14H24ClN2NaO5S. The van der Waals surface area contributed by atoms with Crippen LogP contribution in [0.1, 0.15) is 26.3 Å². The second kappa shape index (κ2) is 15.1. The van der Waals surface area contributed by atoms with Gasteiger partial charge in [0.1, 0.15) is 16.1 Å². The van der Waals surface area contributed by atoms with Crippen molar-refractivity contribution < 1.29 is 53.0 Å². The SMILES string of the molecule is CC(C)[C@H](N)C(=O)O.CCO.Cc1ccc(S(=O)(=O)[N-]Cl)cc1.[Na+]. The Kier molecular flexibility index (Phi) is 18.0. The molecule has 0 unspecified atom stereocenters. The van der Waals surface area contributed by atoms with E-state index in [4.69, 9.17) is 27.7 Å². The Morgan fingerprint density at radius 2 is 1.67 bits per heavy atom. The molecule has 0 spiro atoms. The fourth-order valence-corrected chi connectivity index (χ4v) is 1.83. The molecule has 7 nitrogen and oxygen atoms in total. The number of hydrogen-bond acceptors (Lipinski definition) is 5. The standard InChI is InChI=1S/C7H7ClNO2S.C5H11NO2.C2H6O.Na/c1-6-2-4-7(5-3-6)12(10,11)9-8;1-3(2)4(6)5(7)8;1-2-3;/h2-5H,1H3;3-4H,6H2,1-2H3,(H,7,8);3H,2H2,1H3;/q-1;;;+1/t;4-;;/m.0../s1. The molecule has 0 aliphatic carbocycles. The number of nitrogens with zero attached hydrogens (tertiary/aromatic N) is 1. The number of rotatable bonds is 4. The topological polar surface area (TPSA) is 132 Å². The maximum atomic E-state index is 11.0. The van der Waals surface area contributed by atoms with Crippen LogP contribution in [0, 0.1) is 12.8 Å². The number of carboxylic acid groups (broad SMARTS) is 1. The minimum atomic E-state index is -3.62. The van der Waals surface area contributed by atoms with Gasteiger partial charge in [-0.3, -0.25) is 16.6 Å². The van der Waals surface area contributed by atoms with Gasteiger partial charge in [-0.2, -0.15) is 0 Å². The molecular weight excluding hydrogens is 367 g/mol. The van der Waals surface area contributed by atoms with Crippen molar-refractivity contribution in [1.82, 2.24) is 0 Å². The van der Waals surface area contributed by atoms with Crippen LogP contribution in [0.25, 0.3) is 4.24 Å². The van der Waals surface area contributed by atoms with Crippen LogP contribution >= 0.6 is 11.8 Å². The van der Waals surface area contributed by atoms with Crippen molar-refractivity contribution in [2.45, 2.75) is 38.6 Å². The second-order valence-corrected chi connectivity index (χ2v) is 6.75. The van der Waals surface area contributed by atoms with E-state index in [1.807, 2.05) is 6.92 Å². The molecule has 0 amide bonds. The molecule has 0 bridgehead atoms. The van der Waals surface area contributed by atoms with E-state index in [9.17, 15) is 13.2 Å². The third-order valence-corrected chi connectivity index (χ3v) is 4.01. The summed E-state index contributed by atoms with van der Waals surface area (Å²) in [5, 5.41) is 15.8. The fraction of sp³-hybridized carbons (Fsp3) is 0.500. The van der Waals surface area contributed by atoms with Crippen LogP contribution in [0.15, 0.2) is 29.2 Å². The van der Waals surface area contributed by atoms with Crippen LogP contribution < -0.4 is 35.3 Å². The van der Waals surface area contributed by atoms with Crippen molar-refractivity contribution in [1.29, 1.82) is 0 Å². The average molecular weight is 391 g/mol. The van der Waals surface area contributed by atoms with Gasteiger partial charge in [0.15, 0.2) is 0 Å². The molecule has 1 atom stereocenters. The van der Waals surface area contributed by atoms with Gasteiger partial charge in [-0.1, -0.05) is 31.5 Å². The number of benzene rings is 1. The van der Waals surface area contributed by atoms with Gasteiger partial charge in [-0.05, 0) is 31.9 Å². The number of carbonyl (C=O) groups is 1. The first-order valence-electron chi connectivity index (χ1n) is 6.77. The van der Waals surface area contributed by atoms with Gasteiger partial charge < -0.3 is 20.2 Å². The summed E-state index contributed by atoms with van der Waals surface area (Å²) in [6.45, 7) is 7.35. The van der Waals surface area contributed by atoms with Gasteiger partial charge in [-0.25, -0.2) is 8.42 Å². The van der Waals surface area contributed by atoms with Crippen molar-refractivity contribution in [2.24, 2.45) is 11.7 Å². The van der Waals surface area contributed by atoms with Gasteiger partial charge in [-0.15, -0.1) is 0 Å². The van der Waals surface area contributed by atoms with E-state index in [0.29, 0.717) is 0 Å². The van der Waals surface area contributed by atoms with Crippen LogP contribution in [-0.4, -0.2) is 37.2 Å². The van der Waals surface area contributed by atoms with Crippen molar-refractivity contribution in [2.75, 3.05) is 6.61 Å². The number of hydrogen-bond donors (Lipinski definition) is 3. The quantitative estimate of drug-likeness (QED) is 0.580. The summed E-state index contributed by atoms with van der Waals surface area (Å²) in [7, 11) is -3.62. The zero-order valence-electron chi connectivity index (χ0n) is 14.6. The molecule has 134 valence electrons. The molecule has 1 aromatic rings. The Morgan fingerprint density at radius 3 is 1.88 bits per heavy atom. The summed E-state index contributed by atoms with van der Waals surface area (Å²) in [4.78, 5) is 10.1. The molecule has 1 aromatic carbocycles. The third kappa shape index (κ3) is 13.1. The van der Waals surface area contributed by atoms with Crippen molar-refractivity contribution in [3.05, 3.63) is 34.1 Å². The van der Waals surface area contributed by atoms with Gasteiger partial charge in [0.25, 0.3) is 0 Å². The number of carboxylic acids is 1. The molecule has 4 N–H and O–H groups in total. The van der Waals surface area contributed by atoms with Crippen molar-refractivity contribution in [3.8, 4) is 0 Å². The van der Waals surface area contributed by atoms with Crippen molar-refractivity contribution >= 4 is 27.8 Å². The molecule has 0 aliphatic heterocycles. The predicted molar refractivity (Wildman–Crippen MR) is 90.8 cm³/mol. The Morgan fingerprint density at radius 1 is 1.29 bits per heavy atom. The zero-order chi connectivity index (χ0) is 18.6. The molecule has 0 aliphatic rings. The number of halogens is 1. The molecule has 24 heavy (non-hydrogen) atoms. The summed E-state index contributed by atoms with van der Waals surface area (Å²) in [5.74, 6) is -0.910. The summed E-state index contributed by atoms with van der Waals surface area (Å²) < 4.78 is 24.8. The molecule has 10 heteroatoms. The van der Waals surface area contributed by atoms with E-state index in [0.717, 1.165) is 5.56 Å². The number of nitrogens with two attached hydrogens (primary N) is 1. The second-order valence-electron chi connectivity index (χ2n) is 4.78. The van der Waals surface area contributed by atoms with E-state index in [1.54, 1.807) is 32.9 Å². The Bertz CT molecular complexity index is 553. The number of sulfonamides is 1. The normalized spacial score (nSPS) is 11.2. The summed E-state index contributed by atoms with van der Waals surface area (Å²) in [6.07, 6.45) is 0. The molecule has 0 radical (unpaired) electrons. The summed E-state index contributed by atoms with van der Waals surface area (Å²) in [6, 6.07) is 5.60. The zero-order valence-corrected chi connectivity index (χ0v) is 18.2. The fourth-order valence-electron chi connectivity index (χ4n) is 1.04. The molecule has 1 rings (SSSR count). The third-order valence-electron chi connectivity index (χ3n) is 2.41. The maximum absolute atomic E-state index is 11.0. The van der Waals surface area contributed by atoms with E-state index < -0.39 is 22.0 Å². The van der Waals surface area contributed by atoms with Crippen LogP contribution in [0.5, 0.6) is 0 Å². The largest absolute Gasteiger partial charge is 1.00 e. The van der Waals surface area contributed by atoms with Crippen molar-refractivity contribution in [3.63, 3.8) is 0 Å². The first-order chi connectivity index (χ1) is 10.5. The molecule has 0 saturated heterocycles. The monoisotopic (exact) mass is 390 g/mol. The van der Waals surface area contributed by atoms with Gasteiger partial charge >= 0.3 is 35.5 Å². The molecule has 0 heterocycles. The molecule has 0 fully saturated rings. The number of aliphatic carboxylic acids is 1. The Labute approximate surface area is 171 Å². The number of aliphatic hydroxyl groups excluding tert-OH is 1. The number of aliphatic hydroxyl groups is 1. The summed E-state index contributed by atoms with van der Waals surface area (Å²) >= 11 is 4.90. The minimum absolute atomic E-state index is 0. The van der Waals surface area contributed by atoms with E-state index in [2.05, 4.69) is 4.24 Å². The van der Waals surface area contributed by atoms with Crippen LogP contribution in [-0.2, 0) is 14.8 Å². The predicted octanol–water partition coefficient (Wildman–Crippen LogP) is -0.732. The van der Waals surface area contributed by atoms with E-state index >= 15 is 0 Å². The van der Waals surface area contributed by atoms with Gasteiger partial charge in [0.2, 0.25) is 0 Å². The average Bonchev–Trinajstić information content (AvgIpc) is 2.48.